The Balaban J connectivity index is 2.71. The molecular weight excluding hydrogens is 261 g/mol. The molecule has 1 heterocycles. The molecule has 0 aliphatic heterocycles. The van der Waals surface area contributed by atoms with Crippen molar-refractivity contribution in [3.8, 4) is 0 Å². The first-order valence-corrected chi connectivity index (χ1v) is 5.71. The van der Waals surface area contributed by atoms with Gasteiger partial charge in [0, 0.05) is 6.20 Å². The van der Waals surface area contributed by atoms with Crippen LogP contribution >= 0.6 is 0 Å². The molecule has 0 amide bonds. The molecule has 17 heavy (non-hydrogen) atoms. The summed E-state index contributed by atoms with van der Waals surface area (Å²) in [5, 5.41) is 0. The van der Waals surface area contributed by atoms with E-state index in [-0.39, 0.29) is 11.4 Å². The summed E-state index contributed by atoms with van der Waals surface area (Å²) < 4.78 is 61.0. The summed E-state index contributed by atoms with van der Waals surface area (Å²) in [6.07, 6.45) is -2.21. The third-order valence-corrected chi connectivity index (χ3v) is 2.57. The second-order valence-electron chi connectivity index (χ2n) is 3.00. The highest BCUT2D eigenvalue weighted by Gasteiger charge is 2.29. The Morgan fingerprint density at radius 3 is 2.59 bits per heavy atom. The van der Waals surface area contributed by atoms with E-state index in [0.717, 1.165) is 0 Å². The molecule has 6 nitrogen and oxygen atoms in total. The van der Waals surface area contributed by atoms with E-state index in [4.69, 9.17) is 5.73 Å². The van der Waals surface area contributed by atoms with Crippen molar-refractivity contribution in [2.24, 2.45) is 0 Å². The second kappa shape index (κ2) is 4.75. The Morgan fingerprint density at radius 2 is 2.06 bits per heavy atom. The van der Waals surface area contributed by atoms with Crippen LogP contribution in [0.2, 0.25) is 0 Å². The van der Waals surface area contributed by atoms with Gasteiger partial charge >= 0.3 is 6.18 Å². The first-order chi connectivity index (χ1) is 7.70. The van der Waals surface area contributed by atoms with E-state index < -0.39 is 22.9 Å². The van der Waals surface area contributed by atoms with Crippen molar-refractivity contribution in [2.75, 3.05) is 17.0 Å². The topological polar surface area (TPSA) is 97.1 Å². The highest BCUT2D eigenvalue weighted by Crippen LogP contribution is 2.17. The van der Waals surface area contributed by atoms with Gasteiger partial charge in [-0.15, -0.1) is 0 Å². The van der Waals surface area contributed by atoms with Crippen LogP contribution in [0, 0.1) is 0 Å². The van der Waals surface area contributed by atoms with Crippen molar-refractivity contribution >= 4 is 21.6 Å². The highest BCUT2D eigenvalue weighted by atomic mass is 32.2. The lowest BCUT2D eigenvalue weighted by Crippen LogP contribution is -2.37. The van der Waals surface area contributed by atoms with Crippen molar-refractivity contribution < 1.29 is 21.6 Å². The quantitative estimate of drug-likeness (QED) is 0.741. The monoisotopic (exact) mass is 270 g/mol. The average molecular weight is 270 g/mol. The van der Waals surface area contributed by atoms with E-state index in [0.29, 0.717) is 0 Å². The van der Waals surface area contributed by atoms with Crippen LogP contribution < -0.4 is 15.2 Å². The number of anilines is 2. The number of halogens is 3. The van der Waals surface area contributed by atoms with Crippen LogP contribution in [0.15, 0.2) is 18.5 Å². The maximum Gasteiger partial charge on any atom is 0.402 e. The first-order valence-electron chi connectivity index (χ1n) is 4.23. The summed E-state index contributed by atoms with van der Waals surface area (Å²) in [5.74, 6) is 0. The molecule has 10 heteroatoms. The number of nitrogen functional groups attached to an aromatic ring is 1. The van der Waals surface area contributed by atoms with Gasteiger partial charge in [0.15, 0.2) is 0 Å². The van der Waals surface area contributed by atoms with Crippen LogP contribution in [-0.2, 0) is 10.2 Å². The molecule has 0 saturated heterocycles. The zero-order valence-corrected chi connectivity index (χ0v) is 9.14. The number of pyridine rings is 1. The number of hydrogen-bond donors (Lipinski definition) is 3. The number of rotatable bonds is 4. The molecule has 1 aromatic heterocycles. The van der Waals surface area contributed by atoms with Gasteiger partial charge in [0.25, 0.3) is 10.2 Å². The first kappa shape index (κ1) is 13.5. The third kappa shape index (κ3) is 4.87. The Morgan fingerprint density at radius 1 is 1.41 bits per heavy atom. The Labute approximate surface area is 95.2 Å². The largest absolute Gasteiger partial charge is 0.402 e. The molecule has 0 aliphatic carbocycles. The summed E-state index contributed by atoms with van der Waals surface area (Å²) in [5.41, 5.74) is 5.33. The maximum absolute atomic E-state index is 11.8. The fraction of sp³-hybridized carbons (Fsp3) is 0.286. The molecule has 0 bridgehead atoms. The van der Waals surface area contributed by atoms with Crippen molar-refractivity contribution in [1.82, 2.24) is 9.71 Å². The standard InChI is InChI=1S/C7H9F3N4O2S/c8-7(9,10)4-13-17(15,16)14-6-1-2-12-3-5(6)11/h1-3,13H,4,11H2,(H,12,14). The van der Waals surface area contributed by atoms with Crippen LogP contribution in [0.5, 0.6) is 0 Å². The predicted octanol–water partition coefficient (Wildman–Crippen LogP) is 0.472. The molecule has 0 fully saturated rings. The van der Waals surface area contributed by atoms with Crippen molar-refractivity contribution in [3.05, 3.63) is 18.5 Å². The summed E-state index contributed by atoms with van der Waals surface area (Å²) in [6.45, 7) is -1.66. The third-order valence-electron chi connectivity index (χ3n) is 1.56. The van der Waals surface area contributed by atoms with Gasteiger partial charge in [0.1, 0.15) is 6.54 Å². The van der Waals surface area contributed by atoms with E-state index in [1.807, 2.05) is 4.72 Å². The minimum absolute atomic E-state index is 0.00452. The van der Waals surface area contributed by atoms with Gasteiger partial charge in [-0.1, -0.05) is 0 Å². The van der Waals surface area contributed by atoms with E-state index in [1.54, 1.807) is 0 Å². The molecule has 0 atom stereocenters. The summed E-state index contributed by atoms with van der Waals surface area (Å²) in [7, 11) is -4.32. The Hall–Kier alpha value is -1.55. The van der Waals surface area contributed by atoms with Gasteiger partial charge in [-0.25, -0.2) is 0 Å². The number of nitrogens with zero attached hydrogens (tertiary/aromatic N) is 1. The molecule has 0 unspecified atom stereocenters. The number of alkyl halides is 3. The van der Waals surface area contributed by atoms with Crippen LogP contribution in [0.1, 0.15) is 0 Å². The molecule has 96 valence electrons. The van der Waals surface area contributed by atoms with E-state index in [9.17, 15) is 21.6 Å². The van der Waals surface area contributed by atoms with Crippen LogP contribution in [0.25, 0.3) is 0 Å². The fourth-order valence-corrected chi connectivity index (χ4v) is 1.76. The second-order valence-corrected chi connectivity index (χ2v) is 4.50. The van der Waals surface area contributed by atoms with Gasteiger partial charge in [-0.2, -0.15) is 26.3 Å². The van der Waals surface area contributed by atoms with Crippen molar-refractivity contribution in [1.29, 1.82) is 0 Å². The molecule has 0 aromatic carbocycles. The minimum atomic E-state index is -4.63. The van der Waals surface area contributed by atoms with Crippen molar-refractivity contribution in [2.45, 2.75) is 6.18 Å². The van der Waals surface area contributed by atoms with Gasteiger partial charge in [-0.3, -0.25) is 9.71 Å². The maximum atomic E-state index is 11.8. The molecule has 0 aliphatic rings. The predicted molar refractivity (Wildman–Crippen MR) is 55.2 cm³/mol. The number of nitrogens with one attached hydrogen (secondary N) is 2. The van der Waals surface area contributed by atoms with Crippen molar-refractivity contribution in [3.63, 3.8) is 0 Å². The lowest BCUT2D eigenvalue weighted by molar-refractivity contribution is -0.121. The van der Waals surface area contributed by atoms with E-state index >= 15 is 0 Å². The van der Waals surface area contributed by atoms with Gasteiger partial charge in [0.05, 0.1) is 17.6 Å². The molecule has 4 N–H and O–H groups in total. The van der Waals surface area contributed by atoms with E-state index in [2.05, 4.69) is 4.98 Å². The molecular formula is C7H9F3N4O2S. The molecule has 0 radical (unpaired) electrons. The Kier molecular flexibility index (Phi) is 3.78. The normalized spacial score (nSPS) is 12.4. The molecule has 1 aromatic rings. The lowest BCUT2D eigenvalue weighted by Gasteiger charge is -2.11. The molecule has 1 rings (SSSR count). The lowest BCUT2D eigenvalue weighted by atomic mass is 10.4. The minimum Gasteiger partial charge on any atom is -0.396 e. The summed E-state index contributed by atoms with van der Waals surface area (Å²) in [4.78, 5) is 3.60. The summed E-state index contributed by atoms with van der Waals surface area (Å²) in [6, 6.07) is 1.22. The SMILES string of the molecule is Nc1cnccc1NS(=O)(=O)NCC(F)(F)F. The summed E-state index contributed by atoms with van der Waals surface area (Å²) >= 11 is 0. The number of hydrogen-bond acceptors (Lipinski definition) is 4. The average Bonchev–Trinajstić information content (AvgIpc) is 2.18. The smallest absolute Gasteiger partial charge is 0.396 e. The van der Waals surface area contributed by atoms with Gasteiger partial charge in [0.2, 0.25) is 0 Å². The number of aromatic nitrogens is 1. The zero-order chi connectivity index (χ0) is 13.1. The van der Waals surface area contributed by atoms with Crippen LogP contribution in [0.3, 0.4) is 0 Å². The highest BCUT2D eigenvalue weighted by molar-refractivity contribution is 7.90. The molecule has 0 spiro atoms. The number of nitrogens with two attached hydrogens (primary N) is 1. The van der Waals surface area contributed by atoms with Crippen LogP contribution in [-0.4, -0.2) is 26.1 Å². The zero-order valence-electron chi connectivity index (χ0n) is 8.32. The van der Waals surface area contributed by atoms with E-state index in [1.165, 1.54) is 23.2 Å². The Bertz CT molecular complexity index is 488. The molecule has 0 saturated carbocycles. The van der Waals surface area contributed by atoms with Gasteiger partial charge < -0.3 is 5.73 Å². The fourth-order valence-electron chi connectivity index (χ4n) is 0.857. The van der Waals surface area contributed by atoms with Gasteiger partial charge in [-0.05, 0) is 6.07 Å². The van der Waals surface area contributed by atoms with Crippen LogP contribution in [0.4, 0.5) is 24.5 Å².